The van der Waals surface area contributed by atoms with Crippen LogP contribution in [0.15, 0.2) is 18.2 Å². The molecule has 0 radical (unpaired) electrons. The number of rotatable bonds is 5. The van der Waals surface area contributed by atoms with E-state index in [1.807, 2.05) is 0 Å². The number of hydrogen-bond donors (Lipinski definition) is 0. The number of piperidine rings is 1. The molecule has 29 heavy (non-hydrogen) atoms. The molecular formula is C20H26N2O7. The minimum atomic E-state index is -0.985. The standard InChI is InChI=1S/C20H26N2O7/c1-20(2,3)29-19(24)28-18-14(12-15(22(25)26)13-16(18)27-4)8-9-17(23)21-10-6-5-7-11-21/h8-9,12-13H,5-7,10-11H2,1-4H3. The van der Waals surface area contributed by atoms with E-state index >= 15 is 0 Å². The fourth-order valence-corrected chi connectivity index (χ4v) is 2.83. The van der Waals surface area contributed by atoms with Gasteiger partial charge in [-0.25, -0.2) is 4.79 Å². The van der Waals surface area contributed by atoms with E-state index in [2.05, 4.69) is 0 Å². The van der Waals surface area contributed by atoms with E-state index < -0.39 is 16.7 Å². The molecule has 0 N–H and O–H groups in total. The Balaban J connectivity index is 2.36. The summed E-state index contributed by atoms with van der Waals surface area (Å²) in [7, 11) is 1.30. The highest BCUT2D eigenvalue weighted by Gasteiger charge is 2.24. The number of carbonyl (C=O) groups is 2. The number of nitrogens with zero attached hydrogens (tertiary/aromatic N) is 2. The highest BCUT2D eigenvalue weighted by molar-refractivity contribution is 5.92. The number of nitro groups is 1. The van der Waals surface area contributed by atoms with Crippen molar-refractivity contribution in [3.63, 3.8) is 0 Å². The van der Waals surface area contributed by atoms with Gasteiger partial charge in [-0.1, -0.05) is 0 Å². The maximum Gasteiger partial charge on any atom is 0.514 e. The van der Waals surface area contributed by atoms with Gasteiger partial charge in [0, 0.05) is 30.8 Å². The largest absolute Gasteiger partial charge is 0.514 e. The lowest BCUT2D eigenvalue weighted by atomic mass is 10.1. The summed E-state index contributed by atoms with van der Waals surface area (Å²) < 4.78 is 15.6. The fraction of sp³-hybridized carbons (Fsp3) is 0.500. The van der Waals surface area contributed by atoms with Crippen LogP contribution in [0, 0.1) is 10.1 Å². The highest BCUT2D eigenvalue weighted by Crippen LogP contribution is 2.37. The summed E-state index contributed by atoms with van der Waals surface area (Å²) >= 11 is 0. The van der Waals surface area contributed by atoms with E-state index in [1.165, 1.54) is 25.3 Å². The number of non-ortho nitro benzene ring substituents is 1. The van der Waals surface area contributed by atoms with Crippen molar-refractivity contribution in [2.45, 2.75) is 45.6 Å². The van der Waals surface area contributed by atoms with Crippen LogP contribution in [0.3, 0.4) is 0 Å². The molecule has 9 nitrogen and oxygen atoms in total. The third-order valence-electron chi connectivity index (χ3n) is 4.15. The zero-order chi connectivity index (χ0) is 21.6. The zero-order valence-corrected chi connectivity index (χ0v) is 17.1. The van der Waals surface area contributed by atoms with Crippen molar-refractivity contribution in [3.05, 3.63) is 33.9 Å². The SMILES string of the molecule is COc1cc([N+](=O)[O-])cc(C=CC(=O)N2CCCCC2)c1OC(=O)OC(C)(C)C. The lowest BCUT2D eigenvalue weighted by Crippen LogP contribution is -2.34. The topological polar surface area (TPSA) is 108 Å². The van der Waals surface area contributed by atoms with Gasteiger partial charge in [0.25, 0.3) is 5.69 Å². The van der Waals surface area contributed by atoms with Crippen LogP contribution >= 0.6 is 0 Å². The smallest absolute Gasteiger partial charge is 0.493 e. The summed E-state index contributed by atoms with van der Waals surface area (Å²) in [5.41, 5.74) is -0.888. The van der Waals surface area contributed by atoms with E-state index in [-0.39, 0.29) is 28.7 Å². The van der Waals surface area contributed by atoms with Crippen LogP contribution in [0.1, 0.15) is 45.6 Å². The number of carbonyl (C=O) groups excluding carboxylic acids is 2. The molecule has 2 rings (SSSR count). The second kappa shape index (κ2) is 9.40. The molecule has 1 aliphatic heterocycles. The van der Waals surface area contributed by atoms with E-state index in [9.17, 15) is 19.7 Å². The van der Waals surface area contributed by atoms with Crippen molar-refractivity contribution < 1.29 is 28.7 Å². The minimum absolute atomic E-state index is 0.0184. The van der Waals surface area contributed by atoms with Crippen LogP contribution in [0.5, 0.6) is 11.5 Å². The Morgan fingerprint density at radius 2 is 1.83 bits per heavy atom. The number of nitro benzene ring substituents is 1. The summed E-state index contributed by atoms with van der Waals surface area (Å²) in [5.74, 6) is -0.288. The Morgan fingerprint density at radius 3 is 2.38 bits per heavy atom. The van der Waals surface area contributed by atoms with Gasteiger partial charge >= 0.3 is 6.16 Å². The normalized spacial score (nSPS) is 14.6. The number of likely N-dealkylation sites (tertiary alicyclic amines) is 1. The molecule has 1 saturated heterocycles. The van der Waals surface area contributed by atoms with Crippen LogP contribution in [0.4, 0.5) is 10.5 Å². The molecule has 1 amide bonds. The van der Waals surface area contributed by atoms with E-state index in [0.717, 1.165) is 25.3 Å². The average Bonchev–Trinajstić information content (AvgIpc) is 2.65. The Kier molecular flexibility index (Phi) is 7.19. The van der Waals surface area contributed by atoms with Crippen molar-refractivity contribution in [1.82, 2.24) is 4.90 Å². The molecule has 0 spiro atoms. The summed E-state index contributed by atoms with van der Waals surface area (Å²) in [4.78, 5) is 36.9. The van der Waals surface area contributed by atoms with Crippen LogP contribution in [0.25, 0.3) is 6.08 Å². The second-order valence-corrected chi connectivity index (χ2v) is 7.61. The van der Waals surface area contributed by atoms with Gasteiger partial charge in [0.15, 0.2) is 11.5 Å². The molecule has 1 aliphatic rings. The number of hydrogen-bond acceptors (Lipinski definition) is 7. The predicted molar refractivity (Wildman–Crippen MR) is 106 cm³/mol. The Hall–Kier alpha value is -3.10. The molecule has 0 aromatic heterocycles. The van der Waals surface area contributed by atoms with Gasteiger partial charge in [-0.3, -0.25) is 14.9 Å². The van der Waals surface area contributed by atoms with Crippen molar-refractivity contribution in [2.24, 2.45) is 0 Å². The second-order valence-electron chi connectivity index (χ2n) is 7.61. The lowest BCUT2D eigenvalue weighted by molar-refractivity contribution is -0.385. The van der Waals surface area contributed by atoms with E-state index in [0.29, 0.717) is 13.1 Å². The third kappa shape index (κ3) is 6.48. The van der Waals surface area contributed by atoms with Gasteiger partial charge < -0.3 is 19.1 Å². The lowest BCUT2D eigenvalue weighted by Gasteiger charge is -2.25. The van der Waals surface area contributed by atoms with Crippen molar-refractivity contribution in [1.29, 1.82) is 0 Å². The summed E-state index contributed by atoms with van der Waals surface area (Å²) in [6.07, 6.45) is 4.68. The molecule has 1 fully saturated rings. The zero-order valence-electron chi connectivity index (χ0n) is 17.1. The number of benzene rings is 1. The van der Waals surface area contributed by atoms with Gasteiger partial charge in [-0.15, -0.1) is 0 Å². The van der Waals surface area contributed by atoms with Crippen LogP contribution in [-0.4, -0.2) is 47.7 Å². The van der Waals surface area contributed by atoms with Gasteiger partial charge in [0.2, 0.25) is 5.91 Å². The minimum Gasteiger partial charge on any atom is -0.493 e. The van der Waals surface area contributed by atoms with Crippen LogP contribution in [-0.2, 0) is 9.53 Å². The van der Waals surface area contributed by atoms with E-state index in [1.54, 1.807) is 25.7 Å². The molecule has 0 atom stereocenters. The van der Waals surface area contributed by atoms with Crippen molar-refractivity contribution in [3.8, 4) is 11.5 Å². The highest BCUT2D eigenvalue weighted by atomic mass is 16.7. The van der Waals surface area contributed by atoms with Gasteiger partial charge in [-0.05, 0) is 46.1 Å². The molecule has 9 heteroatoms. The molecule has 0 bridgehead atoms. The van der Waals surface area contributed by atoms with Crippen LogP contribution < -0.4 is 9.47 Å². The van der Waals surface area contributed by atoms with Crippen molar-refractivity contribution in [2.75, 3.05) is 20.2 Å². The van der Waals surface area contributed by atoms with E-state index in [4.69, 9.17) is 14.2 Å². The van der Waals surface area contributed by atoms with Gasteiger partial charge in [0.05, 0.1) is 18.1 Å². The molecule has 0 aliphatic carbocycles. The van der Waals surface area contributed by atoms with Crippen molar-refractivity contribution >= 4 is 23.8 Å². The monoisotopic (exact) mass is 406 g/mol. The van der Waals surface area contributed by atoms with Crippen LogP contribution in [0.2, 0.25) is 0 Å². The maximum atomic E-state index is 12.4. The molecule has 1 aromatic carbocycles. The predicted octanol–water partition coefficient (Wildman–Crippen LogP) is 3.94. The molecule has 0 saturated carbocycles. The quantitative estimate of drug-likeness (QED) is 0.239. The molecule has 1 heterocycles. The Morgan fingerprint density at radius 1 is 1.17 bits per heavy atom. The summed E-state index contributed by atoms with van der Waals surface area (Å²) in [6.45, 7) is 6.38. The maximum absolute atomic E-state index is 12.4. The fourth-order valence-electron chi connectivity index (χ4n) is 2.83. The molecular weight excluding hydrogens is 380 g/mol. The average molecular weight is 406 g/mol. The third-order valence-corrected chi connectivity index (χ3v) is 4.15. The molecule has 0 unspecified atom stereocenters. The number of amides is 1. The first-order valence-corrected chi connectivity index (χ1v) is 9.35. The first kappa shape index (κ1) is 22.2. The summed E-state index contributed by atoms with van der Waals surface area (Å²) in [6, 6.07) is 2.35. The first-order chi connectivity index (χ1) is 13.6. The summed E-state index contributed by atoms with van der Waals surface area (Å²) in [5, 5.41) is 11.2. The number of ether oxygens (including phenoxy) is 3. The molecule has 1 aromatic rings. The first-order valence-electron chi connectivity index (χ1n) is 9.35. The number of methoxy groups -OCH3 is 1. The van der Waals surface area contributed by atoms with Gasteiger partial charge in [0.1, 0.15) is 5.60 Å². The molecule has 158 valence electrons. The van der Waals surface area contributed by atoms with Gasteiger partial charge in [-0.2, -0.15) is 0 Å². The Bertz CT molecular complexity index is 806. The Labute approximate surface area is 169 Å².